The molecule has 0 aliphatic heterocycles. The lowest BCUT2D eigenvalue weighted by atomic mass is 10.1. The van der Waals surface area contributed by atoms with E-state index in [9.17, 15) is 14.7 Å². The Bertz CT molecular complexity index is 519. The summed E-state index contributed by atoms with van der Waals surface area (Å²) in [5, 5.41) is 17.9. The highest BCUT2D eigenvalue weighted by Crippen LogP contribution is 2.26. The Morgan fingerprint density at radius 3 is 2.71 bits per heavy atom. The largest absolute Gasteiger partial charge is 0.504 e. The normalized spacial score (nSPS) is 10.7. The van der Waals surface area contributed by atoms with E-state index in [1.54, 1.807) is 24.3 Å². The first kappa shape index (κ1) is 16.8. The molecule has 2 N–H and O–H groups in total. The first-order valence-corrected chi connectivity index (χ1v) is 6.80. The lowest BCUT2D eigenvalue weighted by Crippen LogP contribution is -1.97. The number of methoxy groups -OCH3 is 1. The fourth-order valence-electron chi connectivity index (χ4n) is 1.81. The molecule has 0 heterocycles. The average molecular weight is 292 g/mol. The molecule has 0 spiro atoms. The molecule has 21 heavy (non-hydrogen) atoms. The monoisotopic (exact) mass is 292 g/mol. The lowest BCUT2D eigenvalue weighted by Gasteiger charge is -2.05. The number of rotatable bonds is 9. The second-order valence-corrected chi connectivity index (χ2v) is 4.66. The van der Waals surface area contributed by atoms with Gasteiger partial charge in [-0.3, -0.25) is 9.59 Å². The molecule has 0 unspecified atom stereocenters. The Balaban J connectivity index is 2.35. The third-order valence-electron chi connectivity index (χ3n) is 2.97. The van der Waals surface area contributed by atoms with Gasteiger partial charge in [-0.25, -0.2) is 0 Å². The Morgan fingerprint density at radius 1 is 1.29 bits per heavy atom. The first-order chi connectivity index (χ1) is 10.0. The van der Waals surface area contributed by atoms with Crippen LogP contribution in [0.15, 0.2) is 30.4 Å². The van der Waals surface area contributed by atoms with Crippen LogP contribution in [-0.4, -0.2) is 29.1 Å². The first-order valence-electron chi connectivity index (χ1n) is 6.80. The number of ketones is 1. The number of carbonyl (C=O) groups is 2. The van der Waals surface area contributed by atoms with Crippen molar-refractivity contribution in [2.24, 2.45) is 0 Å². The smallest absolute Gasteiger partial charge is 0.303 e. The molecular weight excluding hydrogens is 272 g/mol. The van der Waals surface area contributed by atoms with E-state index in [4.69, 9.17) is 9.84 Å². The number of aliphatic carboxylic acids is 1. The zero-order chi connectivity index (χ0) is 15.7. The number of allylic oxidation sites excluding steroid dienone is 2. The van der Waals surface area contributed by atoms with Crippen molar-refractivity contribution in [2.45, 2.75) is 32.1 Å². The number of aromatic hydroxyl groups is 1. The number of ether oxygens (including phenoxy) is 1. The van der Waals surface area contributed by atoms with E-state index >= 15 is 0 Å². The molecule has 0 aliphatic rings. The second-order valence-electron chi connectivity index (χ2n) is 4.66. The van der Waals surface area contributed by atoms with E-state index in [1.807, 2.05) is 0 Å². The lowest BCUT2D eigenvalue weighted by molar-refractivity contribution is -0.137. The van der Waals surface area contributed by atoms with E-state index < -0.39 is 5.97 Å². The maximum atomic E-state index is 11.7. The Morgan fingerprint density at radius 2 is 2.05 bits per heavy atom. The van der Waals surface area contributed by atoms with Crippen molar-refractivity contribution < 1.29 is 24.5 Å². The van der Waals surface area contributed by atoms with Gasteiger partial charge in [-0.05, 0) is 43.0 Å². The summed E-state index contributed by atoms with van der Waals surface area (Å²) < 4.78 is 5.01. The summed E-state index contributed by atoms with van der Waals surface area (Å²) >= 11 is 0. The van der Waals surface area contributed by atoms with Crippen molar-refractivity contribution in [1.82, 2.24) is 0 Å². The van der Waals surface area contributed by atoms with Gasteiger partial charge in [0.25, 0.3) is 0 Å². The van der Waals surface area contributed by atoms with Crippen LogP contribution < -0.4 is 4.74 Å². The van der Waals surface area contributed by atoms with Crippen LogP contribution in [0.4, 0.5) is 0 Å². The van der Waals surface area contributed by atoms with Gasteiger partial charge in [-0.2, -0.15) is 0 Å². The number of benzene rings is 1. The highest BCUT2D eigenvalue weighted by molar-refractivity contribution is 5.89. The zero-order valence-corrected chi connectivity index (χ0v) is 12.0. The van der Waals surface area contributed by atoms with E-state index in [1.165, 1.54) is 13.2 Å². The number of unbranched alkanes of at least 4 members (excludes halogenated alkanes) is 1. The van der Waals surface area contributed by atoms with E-state index in [0.717, 1.165) is 5.56 Å². The van der Waals surface area contributed by atoms with Crippen LogP contribution in [0.5, 0.6) is 11.5 Å². The van der Waals surface area contributed by atoms with Crippen LogP contribution in [0.25, 0.3) is 0 Å². The summed E-state index contributed by atoms with van der Waals surface area (Å²) in [4.78, 5) is 22.0. The predicted octanol–water partition coefficient (Wildman–Crippen LogP) is 2.71. The molecule has 1 aromatic rings. The van der Waals surface area contributed by atoms with Crippen molar-refractivity contribution in [2.75, 3.05) is 7.11 Å². The van der Waals surface area contributed by atoms with Gasteiger partial charge >= 0.3 is 5.97 Å². The summed E-state index contributed by atoms with van der Waals surface area (Å²) in [5.41, 5.74) is 0.914. The number of phenols is 1. The molecule has 0 radical (unpaired) electrons. The molecule has 5 nitrogen and oxygen atoms in total. The fourth-order valence-corrected chi connectivity index (χ4v) is 1.81. The number of aryl methyl sites for hydroxylation is 1. The van der Waals surface area contributed by atoms with E-state index in [0.29, 0.717) is 31.4 Å². The standard InChI is InChI=1S/C16H20O5/c1-21-15-11-12(8-10-14(15)18)7-9-13(17)5-3-2-4-6-16(19)20/h3,5,8,10-11,18H,2,4,6-7,9H2,1H3,(H,19,20). The van der Waals surface area contributed by atoms with Gasteiger partial charge < -0.3 is 14.9 Å². The van der Waals surface area contributed by atoms with Crippen molar-refractivity contribution in [1.29, 1.82) is 0 Å². The van der Waals surface area contributed by atoms with Crippen LogP contribution in [0.1, 0.15) is 31.2 Å². The van der Waals surface area contributed by atoms with Gasteiger partial charge in [0, 0.05) is 12.8 Å². The van der Waals surface area contributed by atoms with Gasteiger partial charge in [0.2, 0.25) is 0 Å². The van der Waals surface area contributed by atoms with Crippen molar-refractivity contribution in [3.63, 3.8) is 0 Å². The van der Waals surface area contributed by atoms with Gasteiger partial charge in [0.15, 0.2) is 17.3 Å². The van der Waals surface area contributed by atoms with Crippen molar-refractivity contribution in [3.05, 3.63) is 35.9 Å². The topological polar surface area (TPSA) is 83.8 Å². The van der Waals surface area contributed by atoms with Crippen molar-refractivity contribution in [3.8, 4) is 11.5 Å². The molecule has 0 saturated heterocycles. The van der Waals surface area contributed by atoms with Gasteiger partial charge in [0.05, 0.1) is 7.11 Å². The summed E-state index contributed by atoms with van der Waals surface area (Å²) in [6.45, 7) is 0. The molecule has 1 aromatic carbocycles. The fraction of sp³-hybridized carbons (Fsp3) is 0.375. The van der Waals surface area contributed by atoms with Crippen LogP contribution in [0.3, 0.4) is 0 Å². The maximum absolute atomic E-state index is 11.7. The minimum absolute atomic E-state index is 0.00244. The average Bonchev–Trinajstić information content (AvgIpc) is 2.45. The Hall–Kier alpha value is -2.30. The maximum Gasteiger partial charge on any atom is 0.303 e. The molecule has 5 heteroatoms. The quantitative estimate of drug-likeness (QED) is 0.540. The molecule has 0 fully saturated rings. The SMILES string of the molecule is COc1cc(CCC(=O)C=CCCCC(=O)O)ccc1O. The molecule has 1 rings (SSSR count). The Labute approximate surface area is 123 Å². The minimum atomic E-state index is -0.823. The van der Waals surface area contributed by atoms with E-state index in [-0.39, 0.29) is 18.0 Å². The molecule has 0 amide bonds. The third-order valence-corrected chi connectivity index (χ3v) is 2.97. The van der Waals surface area contributed by atoms with Gasteiger partial charge in [-0.15, -0.1) is 0 Å². The van der Waals surface area contributed by atoms with Crippen LogP contribution in [0, 0.1) is 0 Å². The molecule has 0 aromatic heterocycles. The number of hydrogen-bond acceptors (Lipinski definition) is 4. The highest BCUT2D eigenvalue weighted by Gasteiger charge is 2.04. The molecule has 0 saturated carbocycles. The minimum Gasteiger partial charge on any atom is -0.504 e. The number of carbonyl (C=O) groups excluding carboxylic acids is 1. The number of hydrogen-bond donors (Lipinski definition) is 2. The highest BCUT2D eigenvalue weighted by atomic mass is 16.5. The molecule has 114 valence electrons. The summed E-state index contributed by atoms with van der Waals surface area (Å²) in [5.74, 6) is -0.358. The third kappa shape index (κ3) is 6.61. The summed E-state index contributed by atoms with van der Waals surface area (Å²) in [6.07, 6.45) is 5.38. The predicted molar refractivity (Wildman–Crippen MR) is 78.6 cm³/mol. The second kappa shape index (κ2) is 8.79. The number of phenolic OH excluding ortho intramolecular Hbond substituents is 1. The number of carboxylic acid groups (broad SMARTS) is 1. The Kier molecular flexibility index (Phi) is 7.01. The van der Waals surface area contributed by atoms with Crippen LogP contribution in [-0.2, 0) is 16.0 Å². The summed E-state index contributed by atoms with van der Waals surface area (Å²) in [7, 11) is 1.48. The number of carboxylic acids is 1. The van der Waals surface area contributed by atoms with Gasteiger partial charge in [-0.1, -0.05) is 12.1 Å². The molecule has 0 atom stereocenters. The molecule has 0 aliphatic carbocycles. The van der Waals surface area contributed by atoms with Gasteiger partial charge in [0.1, 0.15) is 0 Å². The summed E-state index contributed by atoms with van der Waals surface area (Å²) in [6, 6.07) is 5.00. The zero-order valence-electron chi connectivity index (χ0n) is 12.0. The van der Waals surface area contributed by atoms with Crippen LogP contribution in [0.2, 0.25) is 0 Å². The van der Waals surface area contributed by atoms with Crippen LogP contribution >= 0.6 is 0 Å². The van der Waals surface area contributed by atoms with Crippen molar-refractivity contribution >= 4 is 11.8 Å². The molecule has 0 bridgehead atoms. The van der Waals surface area contributed by atoms with E-state index in [2.05, 4.69) is 0 Å². The molecular formula is C16H20O5.